The van der Waals surface area contributed by atoms with Crippen LogP contribution >= 0.6 is 0 Å². The molecule has 122 valence electrons. The lowest BCUT2D eigenvalue weighted by atomic mass is 9.47. The molecule has 2 N–H and O–H groups in total. The highest BCUT2D eigenvalue weighted by molar-refractivity contribution is 5.94. The summed E-state index contributed by atoms with van der Waals surface area (Å²) in [5.74, 6) is 1.13. The molecule has 0 aromatic rings. The molecule has 3 unspecified atom stereocenters. The number of hydrogen-bond donors (Lipinski definition) is 2. The summed E-state index contributed by atoms with van der Waals surface area (Å²) in [6.07, 6.45) is 7.83. The van der Waals surface area contributed by atoms with Gasteiger partial charge < -0.3 is 10.2 Å². The molecule has 0 saturated heterocycles. The zero-order valence-corrected chi connectivity index (χ0v) is 13.7. The Balaban J connectivity index is 1.75. The van der Waals surface area contributed by atoms with E-state index < -0.39 is 0 Å². The lowest BCUT2D eigenvalue weighted by Gasteiger charge is -2.56. The van der Waals surface area contributed by atoms with E-state index in [9.17, 15) is 15.0 Å². The quantitative estimate of drug-likeness (QED) is 0.723. The van der Waals surface area contributed by atoms with E-state index >= 15 is 0 Å². The second-order valence-corrected chi connectivity index (χ2v) is 8.76. The topological polar surface area (TPSA) is 57.5 Å². The Labute approximate surface area is 132 Å². The SMILES string of the molecule is C[C@]12CC[C@H](O)CC1=CC(=O)C1C2CC[C@@]2(C)C1CC[C@@H]2O. The number of hydrogen-bond acceptors (Lipinski definition) is 3. The monoisotopic (exact) mass is 304 g/mol. The Kier molecular flexibility index (Phi) is 3.16. The first-order valence-corrected chi connectivity index (χ1v) is 8.97. The number of carbonyl (C=O) groups is 1. The van der Waals surface area contributed by atoms with Crippen molar-refractivity contribution < 1.29 is 15.0 Å². The van der Waals surface area contributed by atoms with E-state index in [1.165, 1.54) is 5.57 Å². The van der Waals surface area contributed by atoms with Gasteiger partial charge in [0, 0.05) is 5.92 Å². The van der Waals surface area contributed by atoms with Gasteiger partial charge in [0.2, 0.25) is 0 Å². The average molecular weight is 304 g/mol. The van der Waals surface area contributed by atoms with Gasteiger partial charge in [-0.2, -0.15) is 0 Å². The zero-order valence-electron chi connectivity index (χ0n) is 13.7. The van der Waals surface area contributed by atoms with Gasteiger partial charge in [0.15, 0.2) is 5.78 Å². The molecule has 3 heteroatoms. The summed E-state index contributed by atoms with van der Waals surface area (Å²) in [5, 5.41) is 20.4. The number of aliphatic hydroxyl groups is 2. The molecular weight excluding hydrogens is 276 g/mol. The van der Waals surface area contributed by atoms with Crippen LogP contribution in [0.25, 0.3) is 0 Å². The van der Waals surface area contributed by atoms with Crippen molar-refractivity contribution in [1.82, 2.24) is 0 Å². The molecule has 3 fully saturated rings. The van der Waals surface area contributed by atoms with Crippen molar-refractivity contribution in [3.63, 3.8) is 0 Å². The van der Waals surface area contributed by atoms with Crippen molar-refractivity contribution in [2.24, 2.45) is 28.6 Å². The van der Waals surface area contributed by atoms with Crippen LogP contribution in [0.15, 0.2) is 11.6 Å². The highest BCUT2D eigenvalue weighted by Gasteiger charge is 2.60. The normalized spacial score (nSPS) is 54.3. The third-order valence-corrected chi connectivity index (χ3v) is 7.87. The Morgan fingerprint density at radius 3 is 2.59 bits per heavy atom. The van der Waals surface area contributed by atoms with E-state index in [0.717, 1.165) is 38.5 Å². The summed E-state index contributed by atoms with van der Waals surface area (Å²) in [7, 11) is 0. The molecule has 0 aliphatic heterocycles. The van der Waals surface area contributed by atoms with Crippen LogP contribution in [0.4, 0.5) is 0 Å². The van der Waals surface area contributed by atoms with Crippen LogP contribution in [-0.2, 0) is 4.79 Å². The molecule has 0 amide bonds. The summed E-state index contributed by atoms with van der Waals surface area (Å²) >= 11 is 0. The Bertz CT molecular complexity index is 539. The summed E-state index contributed by atoms with van der Waals surface area (Å²) < 4.78 is 0. The van der Waals surface area contributed by atoms with E-state index in [2.05, 4.69) is 13.8 Å². The molecule has 0 spiro atoms. The molecule has 0 aromatic heterocycles. The smallest absolute Gasteiger partial charge is 0.159 e. The first-order chi connectivity index (χ1) is 10.4. The molecule has 22 heavy (non-hydrogen) atoms. The third kappa shape index (κ3) is 1.78. The van der Waals surface area contributed by atoms with Gasteiger partial charge >= 0.3 is 0 Å². The maximum Gasteiger partial charge on any atom is 0.159 e. The Morgan fingerprint density at radius 2 is 1.82 bits per heavy atom. The second-order valence-electron chi connectivity index (χ2n) is 8.76. The maximum absolute atomic E-state index is 12.9. The van der Waals surface area contributed by atoms with E-state index in [1.54, 1.807) is 0 Å². The lowest BCUT2D eigenvalue weighted by molar-refractivity contribution is -0.136. The fraction of sp³-hybridized carbons (Fsp3) is 0.842. The molecule has 0 heterocycles. The maximum atomic E-state index is 12.9. The highest BCUT2D eigenvalue weighted by Crippen LogP contribution is 2.63. The molecule has 4 aliphatic carbocycles. The fourth-order valence-electron chi connectivity index (χ4n) is 6.36. The van der Waals surface area contributed by atoms with Gasteiger partial charge in [0.1, 0.15) is 0 Å². The minimum absolute atomic E-state index is 0.0628. The van der Waals surface area contributed by atoms with E-state index in [-0.39, 0.29) is 34.7 Å². The van der Waals surface area contributed by atoms with Gasteiger partial charge in [-0.05, 0) is 73.7 Å². The van der Waals surface area contributed by atoms with Crippen LogP contribution in [0.5, 0.6) is 0 Å². The molecule has 0 bridgehead atoms. The first kappa shape index (κ1) is 14.9. The van der Waals surface area contributed by atoms with Crippen LogP contribution in [0.2, 0.25) is 0 Å². The number of fused-ring (bicyclic) bond motifs is 5. The van der Waals surface area contributed by atoms with Crippen LogP contribution in [0, 0.1) is 28.6 Å². The van der Waals surface area contributed by atoms with Crippen LogP contribution in [0.1, 0.15) is 58.8 Å². The lowest BCUT2D eigenvalue weighted by Crippen LogP contribution is -2.54. The molecular formula is C19H28O3. The molecule has 4 aliphatic rings. The number of allylic oxidation sites excluding steroid dienone is 1. The molecule has 0 aromatic carbocycles. The van der Waals surface area contributed by atoms with Crippen molar-refractivity contribution in [2.45, 2.75) is 71.0 Å². The van der Waals surface area contributed by atoms with Gasteiger partial charge in [-0.3, -0.25) is 4.79 Å². The summed E-state index contributed by atoms with van der Waals surface area (Å²) in [6.45, 7) is 4.52. The standard InChI is InChI=1S/C19H28O3/c1-18-7-5-12(20)9-11(18)10-15(21)17-13-3-4-16(22)19(13,2)8-6-14(17)18/h10,12-14,16-17,20,22H,3-9H2,1-2H3/t12-,13?,14?,16-,17?,18-,19-/m0/s1. The summed E-state index contributed by atoms with van der Waals surface area (Å²) in [4.78, 5) is 12.9. The first-order valence-electron chi connectivity index (χ1n) is 8.97. The minimum atomic E-state index is -0.272. The fourth-order valence-corrected chi connectivity index (χ4v) is 6.36. The summed E-state index contributed by atoms with van der Waals surface area (Å²) in [5.41, 5.74) is 1.22. The number of ketones is 1. The molecule has 4 rings (SSSR count). The molecule has 7 atom stereocenters. The van der Waals surface area contributed by atoms with Gasteiger partial charge in [-0.1, -0.05) is 19.4 Å². The Morgan fingerprint density at radius 1 is 1.05 bits per heavy atom. The zero-order chi connectivity index (χ0) is 15.7. The van der Waals surface area contributed by atoms with Crippen molar-refractivity contribution >= 4 is 5.78 Å². The van der Waals surface area contributed by atoms with Gasteiger partial charge in [-0.25, -0.2) is 0 Å². The Hall–Kier alpha value is -0.670. The number of carbonyl (C=O) groups excluding carboxylic acids is 1. The minimum Gasteiger partial charge on any atom is -0.393 e. The third-order valence-electron chi connectivity index (χ3n) is 7.87. The van der Waals surface area contributed by atoms with Crippen LogP contribution in [-0.4, -0.2) is 28.2 Å². The van der Waals surface area contributed by atoms with Gasteiger partial charge in [0.25, 0.3) is 0 Å². The second kappa shape index (κ2) is 4.67. The molecule has 3 nitrogen and oxygen atoms in total. The van der Waals surface area contributed by atoms with E-state index in [0.29, 0.717) is 18.3 Å². The van der Waals surface area contributed by atoms with Gasteiger partial charge in [0.05, 0.1) is 12.2 Å². The predicted molar refractivity (Wildman–Crippen MR) is 84.1 cm³/mol. The van der Waals surface area contributed by atoms with Crippen LogP contribution < -0.4 is 0 Å². The predicted octanol–water partition coefficient (Wildman–Crippen LogP) is 2.85. The number of rotatable bonds is 0. The molecule has 3 saturated carbocycles. The molecule has 0 radical (unpaired) electrons. The van der Waals surface area contributed by atoms with Crippen molar-refractivity contribution in [2.75, 3.05) is 0 Å². The van der Waals surface area contributed by atoms with E-state index in [1.807, 2.05) is 6.08 Å². The van der Waals surface area contributed by atoms with Gasteiger partial charge in [-0.15, -0.1) is 0 Å². The largest absolute Gasteiger partial charge is 0.393 e. The highest BCUT2D eigenvalue weighted by atomic mass is 16.3. The van der Waals surface area contributed by atoms with Crippen LogP contribution in [0.3, 0.4) is 0 Å². The van der Waals surface area contributed by atoms with Crippen molar-refractivity contribution in [3.05, 3.63) is 11.6 Å². The average Bonchev–Trinajstić information content (AvgIpc) is 2.77. The number of aliphatic hydroxyl groups excluding tert-OH is 2. The summed E-state index contributed by atoms with van der Waals surface area (Å²) in [6, 6.07) is 0. The van der Waals surface area contributed by atoms with Crippen molar-refractivity contribution in [1.29, 1.82) is 0 Å². The van der Waals surface area contributed by atoms with Crippen molar-refractivity contribution in [3.8, 4) is 0 Å². The van der Waals surface area contributed by atoms with E-state index in [4.69, 9.17) is 0 Å².